The molecule has 6 rings (SSSR count). The molecule has 9 nitrogen and oxygen atoms in total. The number of benzene rings is 3. The number of carbonyl (C=O) groups excluding carboxylic acids is 1. The molecule has 0 bridgehead atoms. The largest absolute Gasteiger partial charge is 0.493 e. The molecule has 2 heterocycles. The Hall–Kier alpha value is -4.79. The normalized spacial score (nSPS) is 17.9. The number of hydrogen-bond donors (Lipinski definition) is 1. The summed E-state index contributed by atoms with van der Waals surface area (Å²) in [6.07, 6.45) is 2.48. The van der Waals surface area contributed by atoms with Gasteiger partial charge in [-0.1, -0.05) is 42.5 Å². The van der Waals surface area contributed by atoms with Crippen LogP contribution >= 0.6 is 0 Å². The molecule has 204 valence electrons. The standard InChI is InChI=1S/C31H30N4O5/c1-37-26-15-22(16-27(38-2)30(26)39-3)21-13-24-28(25(36)14-21)29(35-31(34-24)32-18-33-35)20-9-11-23(12-10-20)40-17-19-7-5-4-6-8-19/h4-12,15-16,18,21,29H,13-14,17H2,1-3H3,(H,32,33,34). The van der Waals surface area contributed by atoms with Gasteiger partial charge in [0.1, 0.15) is 24.7 Å². The second kappa shape index (κ2) is 10.8. The summed E-state index contributed by atoms with van der Waals surface area (Å²) < 4.78 is 24.3. The highest BCUT2D eigenvalue weighted by atomic mass is 16.5. The predicted octanol–water partition coefficient (Wildman–Crippen LogP) is 5.30. The molecule has 2 atom stereocenters. The smallest absolute Gasteiger partial charge is 0.226 e. The SMILES string of the molecule is COc1cc(C2CC(=O)C3=C(C2)Nc2ncnn2C3c2ccc(OCc3ccccc3)cc2)cc(OC)c1OC. The van der Waals surface area contributed by atoms with Crippen molar-refractivity contribution >= 4 is 11.7 Å². The second-order valence-corrected chi connectivity index (χ2v) is 9.78. The number of allylic oxidation sites excluding steroid dienone is 2. The van der Waals surface area contributed by atoms with E-state index in [4.69, 9.17) is 18.9 Å². The van der Waals surface area contributed by atoms with Crippen molar-refractivity contribution in [2.45, 2.75) is 31.4 Å². The van der Waals surface area contributed by atoms with Gasteiger partial charge in [0.15, 0.2) is 17.3 Å². The summed E-state index contributed by atoms with van der Waals surface area (Å²) in [5, 5.41) is 7.83. The van der Waals surface area contributed by atoms with Crippen LogP contribution in [0.3, 0.4) is 0 Å². The van der Waals surface area contributed by atoms with Gasteiger partial charge in [0.05, 0.1) is 21.3 Å². The highest BCUT2D eigenvalue weighted by Crippen LogP contribution is 2.47. The van der Waals surface area contributed by atoms with E-state index >= 15 is 0 Å². The number of Topliss-reactive ketones (excluding diaryl/α,β-unsaturated/α-hetero) is 1. The van der Waals surface area contributed by atoms with Crippen LogP contribution in [-0.4, -0.2) is 41.9 Å². The lowest BCUT2D eigenvalue weighted by atomic mass is 9.77. The quantitative estimate of drug-likeness (QED) is 0.323. The van der Waals surface area contributed by atoms with E-state index < -0.39 is 0 Å². The Kier molecular flexibility index (Phi) is 6.86. The van der Waals surface area contributed by atoms with E-state index in [1.807, 2.05) is 66.7 Å². The van der Waals surface area contributed by atoms with Gasteiger partial charge in [-0.25, -0.2) is 4.68 Å². The van der Waals surface area contributed by atoms with Crippen LogP contribution < -0.4 is 24.3 Å². The number of nitrogens with one attached hydrogen (secondary N) is 1. The first kappa shape index (κ1) is 25.5. The fourth-order valence-corrected chi connectivity index (χ4v) is 5.52. The molecule has 0 saturated heterocycles. The van der Waals surface area contributed by atoms with E-state index in [0.29, 0.717) is 48.2 Å². The van der Waals surface area contributed by atoms with E-state index in [1.54, 1.807) is 26.0 Å². The van der Waals surface area contributed by atoms with Gasteiger partial charge in [0, 0.05) is 17.7 Å². The zero-order valence-corrected chi connectivity index (χ0v) is 22.6. The van der Waals surface area contributed by atoms with Crippen LogP contribution in [0.5, 0.6) is 23.0 Å². The minimum atomic E-state index is -0.384. The summed E-state index contributed by atoms with van der Waals surface area (Å²) in [6, 6.07) is 21.3. The summed E-state index contributed by atoms with van der Waals surface area (Å²) in [4.78, 5) is 18.2. The van der Waals surface area contributed by atoms with Crippen molar-refractivity contribution in [1.29, 1.82) is 0 Å². The number of ether oxygens (including phenoxy) is 4. The van der Waals surface area contributed by atoms with Gasteiger partial charge in [-0.15, -0.1) is 0 Å². The molecule has 4 aromatic rings. The molecule has 0 spiro atoms. The number of hydrogen-bond acceptors (Lipinski definition) is 8. The van der Waals surface area contributed by atoms with E-state index in [2.05, 4.69) is 15.4 Å². The highest BCUT2D eigenvalue weighted by Gasteiger charge is 2.39. The maximum atomic E-state index is 13.8. The van der Waals surface area contributed by atoms with Gasteiger partial charge in [0.2, 0.25) is 11.7 Å². The molecule has 0 saturated carbocycles. The van der Waals surface area contributed by atoms with E-state index in [-0.39, 0.29) is 17.7 Å². The highest BCUT2D eigenvalue weighted by molar-refractivity contribution is 6.00. The average Bonchev–Trinajstić information content (AvgIpc) is 3.47. The van der Waals surface area contributed by atoms with Crippen LogP contribution in [0.25, 0.3) is 0 Å². The van der Waals surface area contributed by atoms with Gasteiger partial charge in [-0.2, -0.15) is 10.1 Å². The lowest BCUT2D eigenvalue weighted by molar-refractivity contribution is -0.116. The Morgan fingerprint density at radius 1 is 0.900 bits per heavy atom. The van der Waals surface area contributed by atoms with E-state index in [0.717, 1.165) is 28.1 Å². The van der Waals surface area contributed by atoms with Crippen LogP contribution in [0.4, 0.5) is 5.95 Å². The Bertz CT molecular complexity index is 1540. The van der Waals surface area contributed by atoms with Crippen LogP contribution in [0.2, 0.25) is 0 Å². The molecule has 0 fully saturated rings. The minimum absolute atomic E-state index is 0.0584. The van der Waals surface area contributed by atoms with Gasteiger partial charge in [-0.05, 0) is 53.3 Å². The predicted molar refractivity (Wildman–Crippen MR) is 149 cm³/mol. The third-order valence-electron chi connectivity index (χ3n) is 7.46. The van der Waals surface area contributed by atoms with Gasteiger partial charge in [-0.3, -0.25) is 4.79 Å². The molecule has 3 aromatic carbocycles. The summed E-state index contributed by atoms with van der Waals surface area (Å²) in [5.41, 5.74) is 4.54. The number of nitrogens with zero attached hydrogens (tertiary/aromatic N) is 3. The van der Waals surface area contributed by atoms with Crippen molar-refractivity contribution in [1.82, 2.24) is 14.8 Å². The van der Waals surface area contributed by atoms with Gasteiger partial charge >= 0.3 is 0 Å². The lowest BCUT2D eigenvalue weighted by Gasteiger charge is -2.35. The van der Waals surface area contributed by atoms with Crippen LogP contribution in [0.15, 0.2) is 84.3 Å². The topological polar surface area (TPSA) is 96.7 Å². The van der Waals surface area contributed by atoms with Crippen LogP contribution in [-0.2, 0) is 11.4 Å². The Morgan fingerprint density at radius 3 is 2.30 bits per heavy atom. The van der Waals surface area contributed by atoms with Crippen molar-refractivity contribution in [3.05, 3.63) is 101 Å². The molecule has 2 unspecified atom stereocenters. The second-order valence-electron chi connectivity index (χ2n) is 9.78. The first-order valence-corrected chi connectivity index (χ1v) is 13.1. The molecular formula is C31H30N4O5. The fourth-order valence-electron chi connectivity index (χ4n) is 5.52. The molecule has 1 N–H and O–H groups in total. The van der Waals surface area contributed by atoms with Crippen LogP contribution in [0, 0.1) is 0 Å². The molecule has 1 aromatic heterocycles. The van der Waals surface area contributed by atoms with Crippen molar-refractivity contribution in [2.75, 3.05) is 26.6 Å². The maximum Gasteiger partial charge on any atom is 0.226 e. The third kappa shape index (κ3) is 4.64. The Labute approximate surface area is 232 Å². The fraction of sp³-hybridized carbons (Fsp3) is 0.258. The summed E-state index contributed by atoms with van der Waals surface area (Å²) in [5.74, 6) is 2.99. The van der Waals surface area contributed by atoms with E-state index in [9.17, 15) is 4.79 Å². The van der Waals surface area contributed by atoms with Crippen molar-refractivity contribution in [3.8, 4) is 23.0 Å². The molecular weight excluding hydrogens is 508 g/mol. The minimum Gasteiger partial charge on any atom is -0.493 e. The molecule has 9 heteroatoms. The number of fused-ring (bicyclic) bond motifs is 1. The average molecular weight is 539 g/mol. The van der Waals surface area contributed by atoms with Crippen molar-refractivity contribution in [3.63, 3.8) is 0 Å². The monoisotopic (exact) mass is 538 g/mol. The number of aromatic nitrogens is 3. The maximum absolute atomic E-state index is 13.8. The Morgan fingerprint density at radius 2 is 1.62 bits per heavy atom. The zero-order chi connectivity index (χ0) is 27.6. The summed E-state index contributed by atoms with van der Waals surface area (Å²) in [6.45, 7) is 0.483. The summed E-state index contributed by atoms with van der Waals surface area (Å²) >= 11 is 0. The lowest BCUT2D eigenvalue weighted by Crippen LogP contribution is -2.33. The zero-order valence-electron chi connectivity index (χ0n) is 22.6. The first-order valence-electron chi connectivity index (χ1n) is 13.1. The molecule has 1 aliphatic heterocycles. The van der Waals surface area contributed by atoms with Gasteiger partial charge in [0.25, 0.3) is 0 Å². The molecule has 40 heavy (non-hydrogen) atoms. The number of rotatable bonds is 8. The first-order chi connectivity index (χ1) is 19.6. The molecule has 0 amide bonds. The van der Waals surface area contributed by atoms with E-state index in [1.165, 1.54) is 6.33 Å². The third-order valence-corrected chi connectivity index (χ3v) is 7.46. The van der Waals surface area contributed by atoms with Crippen molar-refractivity contribution < 1.29 is 23.7 Å². The number of anilines is 1. The molecule has 0 radical (unpaired) electrons. The number of methoxy groups -OCH3 is 3. The summed E-state index contributed by atoms with van der Waals surface area (Å²) in [7, 11) is 4.75. The Balaban J connectivity index is 1.30. The number of carbonyl (C=O) groups is 1. The number of ketones is 1. The molecule has 2 aliphatic rings. The van der Waals surface area contributed by atoms with Gasteiger partial charge < -0.3 is 24.3 Å². The van der Waals surface area contributed by atoms with Crippen molar-refractivity contribution in [2.24, 2.45) is 0 Å². The van der Waals surface area contributed by atoms with Crippen LogP contribution in [0.1, 0.15) is 41.5 Å². The molecule has 1 aliphatic carbocycles.